The maximum absolute atomic E-state index is 12.3. The minimum absolute atomic E-state index is 0.0229. The normalized spacial score (nSPS) is 14.7. The number of piperazine rings is 1. The number of aryl methyl sites for hydroxylation is 3. The molecule has 1 aliphatic heterocycles. The van der Waals surface area contributed by atoms with E-state index in [9.17, 15) is 4.79 Å². The fourth-order valence-electron chi connectivity index (χ4n) is 3.02. The number of carbonyl (C=O) groups excluding carboxylic acids is 1. The van der Waals surface area contributed by atoms with Crippen LogP contribution in [0.4, 0.5) is 10.6 Å². The van der Waals surface area contributed by atoms with Gasteiger partial charge in [0.25, 0.3) is 0 Å². The number of nitrogens with one attached hydrogen (secondary N) is 1. The van der Waals surface area contributed by atoms with Crippen molar-refractivity contribution in [3.8, 4) is 0 Å². The summed E-state index contributed by atoms with van der Waals surface area (Å²) >= 11 is 0. The van der Waals surface area contributed by atoms with Gasteiger partial charge in [-0.15, -0.1) is 0 Å². The van der Waals surface area contributed by atoms with Crippen molar-refractivity contribution in [2.45, 2.75) is 27.2 Å². The van der Waals surface area contributed by atoms with Gasteiger partial charge in [-0.1, -0.05) is 5.16 Å². The third kappa shape index (κ3) is 4.07. The summed E-state index contributed by atoms with van der Waals surface area (Å²) in [6.45, 7) is 9.17. The van der Waals surface area contributed by atoms with Crippen molar-refractivity contribution < 1.29 is 9.32 Å². The second-order valence-corrected chi connectivity index (χ2v) is 6.22. The SMILES string of the molecule is Cc1nccc(N2CCN(C(=O)NCCc3c(C)noc3C)CC2)n1. The first-order valence-electron chi connectivity index (χ1n) is 8.53. The number of carbonyl (C=O) groups is 1. The molecular weight excluding hydrogens is 320 g/mol. The molecule has 3 heterocycles. The van der Waals surface area contributed by atoms with Crippen LogP contribution in [0.3, 0.4) is 0 Å². The van der Waals surface area contributed by atoms with E-state index in [4.69, 9.17) is 4.52 Å². The molecule has 0 unspecified atom stereocenters. The van der Waals surface area contributed by atoms with Crippen LogP contribution in [-0.4, -0.2) is 58.8 Å². The average molecular weight is 344 g/mol. The maximum Gasteiger partial charge on any atom is 0.317 e. The molecule has 0 spiro atoms. The first-order chi connectivity index (χ1) is 12.0. The Kier molecular flexibility index (Phi) is 5.16. The molecule has 2 aromatic heterocycles. The molecule has 25 heavy (non-hydrogen) atoms. The van der Waals surface area contributed by atoms with Crippen LogP contribution >= 0.6 is 0 Å². The molecule has 0 aliphatic carbocycles. The van der Waals surface area contributed by atoms with E-state index in [1.165, 1.54) is 0 Å². The van der Waals surface area contributed by atoms with Crippen LogP contribution in [-0.2, 0) is 6.42 Å². The number of anilines is 1. The van der Waals surface area contributed by atoms with E-state index in [1.54, 1.807) is 6.20 Å². The van der Waals surface area contributed by atoms with E-state index in [2.05, 4.69) is 25.3 Å². The number of hydrogen-bond acceptors (Lipinski definition) is 6. The van der Waals surface area contributed by atoms with E-state index >= 15 is 0 Å². The third-order valence-electron chi connectivity index (χ3n) is 4.48. The van der Waals surface area contributed by atoms with Crippen LogP contribution in [0.1, 0.15) is 22.8 Å². The number of aromatic nitrogens is 3. The highest BCUT2D eigenvalue weighted by atomic mass is 16.5. The van der Waals surface area contributed by atoms with Crippen LogP contribution < -0.4 is 10.2 Å². The van der Waals surface area contributed by atoms with Gasteiger partial charge in [-0.3, -0.25) is 0 Å². The van der Waals surface area contributed by atoms with Gasteiger partial charge in [0.2, 0.25) is 0 Å². The summed E-state index contributed by atoms with van der Waals surface area (Å²) < 4.78 is 5.14. The lowest BCUT2D eigenvalue weighted by atomic mass is 10.1. The quantitative estimate of drug-likeness (QED) is 0.904. The van der Waals surface area contributed by atoms with Gasteiger partial charge in [0.15, 0.2) is 0 Å². The summed E-state index contributed by atoms with van der Waals surface area (Å²) in [5.41, 5.74) is 1.96. The summed E-state index contributed by atoms with van der Waals surface area (Å²) in [4.78, 5) is 24.9. The predicted molar refractivity (Wildman–Crippen MR) is 93.6 cm³/mol. The number of nitrogens with zero attached hydrogens (tertiary/aromatic N) is 5. The van der Waals surface area contributed by atoms with Crippen LogP contribution in [0.2, 0.25) is 0 Å². The van der Waals surface area contributed by atoms with Crippen LogP contribution in [0.25, 0.3) is 0 Å². The van der Waals surface area contributed by atoms with Crippen molar-refractivity contribution in [1.82, 2.24) is 25.3 Å². The van der Waals surface area contributed by atoms with E-state index < -0.39 is 0 Å². The molecule has 0 bridgehead atoms. The smallest absolute Gasteiger partial charge is 0.317 e. The van der Waals surface area contributed by atoms with Gasteiger partial charge < -0.3 is 19.6 Å². The monoisotopic (exact) mass is 344 g/mol. The van der Waals surface area contributed by atoms with Gasteiger partial charge in [0.1, 0.15) is 17.4 Å². The first-order valence-corrected chi connectivity index (χ1v) is 8.53. The Morgan fingerprint density at radius 2 is 2.00 bits per heavy atom. The Morgan fingerprint density at radius 1 is 1.24 bits per heavy atom. The molecule has 0 saturated carbocycles. The highest BCUT2D eigenvalue weighted by Crippen LogP contribution is 2.14. The Bertz CT molecular complexity index is 717. The molecule has 3 rings (SSSR count). The van der Waals surface area contributed by atoms with Gasteiger partial charge in [0.05, 0.1) is 5.69 Å². The maximum atomic E-state index is 12.3. The molecule has 1 saturated heterocycles. The number of hydrogen-bond donors (Lipinski definition) is 1. The Labute approximate surface area is 147 Å². The van der Waals surface area contributed by atoms with Gasteiger partial charge in [-0.2, -0.15) is 0 Å². The molecule has 1 fully saturated rings. The van der Waals surface area contributed by atoms with Gasteiger partial charge in [-0.05, 0) is 33.3 Å². The first kappa shape index (κ1) is 17.2. The summed E-state index contributed by atoms with van der Waals surface area (Å²) in [5.74, 6) is 2.50. The second kappa shape index (κ2) is 7.50. The van der Waals surface area contributed by atoms with E-state index in [0.29, 0.717) is 19.6 Å². The van der Waals surface area contributed by atoms with Crippen molar-refractivity contribution in [1.29, 1.82) is 0 Å². The summed E-state index contributed by atoms with van der Waals surface area (Å²) in [5, 5.41) is 6.92. The van der Waals surface area contributed by atoms with Crippen molar-refractivity contribution in [3.05, 3.63) is 35.1 Å². The lowest BCUT2D eigenvalue weighted by Gasteiger charge is -2.35. The molecule has 8 heteroatoms. The molecule has 134 valence electrons. The molecule has 0 atom stereocenters. The zero-order chi connectivity index (χ0) is 17.8. The predicted octanol–water partition coefficient (Wildman–Crippen LogP) is 1.46. The van der Waals surface area contributed by atoms with Crippen molar-refractivity contribution in [2.75, 3.05) is 37.6 Å². The highest BCUT2D eigenvalue weighted by molar-refractivity contribution is 5.74. The minimum Gasteiger partial charge on any atom is -0.361 e. The Hall–Kier alpha value is -2.64. The largest absolute Gasteiger partial charge is 0.361 e. The third-order valence-corrected chi connectivity index (χ3v) is 4.48. The molecule has 0 aromatic carbocycles. The zero-order valence-electron chi connectivity index (χ0n) is 14.9. The fraction of sp³-hybridized carbons (Fsp3) is 0.529. The average Bonchev–Trinajstić information content (AvgIpc) is 2.94. The van der Waals surface area contributed by atoms with Gasteiger partial charge >= 0.3 is 6.03 Å². The molecule has 0 radical (unpaired) electrons. The van der Waals surface area contributed by atoms with E-state index in [-0.39, 0.29) is 6.03 Å². The minimum atomic E-state index is -0.0229. The lowest BCUT2D eigenvalue weighted by Crippen LogP contribution is -2.52. The summed E-state index contributed by atoms with van der Waals surface area (Å²) in [7, 11) is 0. The van der Waals surface area contributed by atoms with Crippen molar-refractivity contribution >= 4 is 11.8 Å². The summed E-state index contributed by atoms with van der Waals surface area (Å²) in [6, 6.07) is 1.89. The standard InChI is InChI=1S/C17H24N6O2/c1-12-15(13(2)25-21-12)4-6-19-17(24)23-10-8-22(9-11-23)16-5-7-18-14(3)20-16/h5,7H,4,6,8-11H2,1-3H3,(H,19,24). The van der Waals surface area contributed by atoms with Crippen LogP contribution in [0.5, 0.6) is 0 Å². The number of amides is 2. The second-order valence-electron chi connectivity index (χ2n) is 6.22. The topological polar surface area (TPSA) is 87.4 Å². The molecule has 2 aromatic rings. The molecule has 1 N–H and O–H groups in total. The zero-order valence-corrected chi connectivity index (χ0v) is 14.9. The number of rotatable bonds is 4. The number of urea groups is 1. The molecule has 2 amide bonds. The van der Waals surface area contributed by atoms with Crippen molar-refractivity contribution in [3.63, 3.8) is 0 Å². The Morgan fingerprint density at radius 3 is 2.64 bits per heavy atom. The van der Waals surface area contributed by atoms with E-state index in [1.807, 2.05) is 31.7 Å². The molecular formula is C17H24N6O2. The summed E-state index contributed by atoms with van der Waals surface area (Å²) in [6.07, 6.45) is 2.50. The van der Waals surface area contributed by atoms with Gasteiger partial charge in [-0.25, -0.2) is 14.8 Å². The van der Waals surface area contributed by atoms with Crippen LogP contribution in [0, 0.1) is 20.8 Å². The highest BCUT2D eigenvalue weighted by Gasteiger charge is 2.22. The fourth-order valence-corrected chi connectivity index (χ4v) is 3.02. The lowest BCUT2D eigenvalue weighted by molar-refractivity contribution is 0.194. The van der Waals surface area contributed by atoms with Crippen LogP contribution in [0.15, 0.2) is 16.8 Å². The Balaban J connectivity index is 1.45. The van der Waals surface area contributed by atoms with Crippen molar-refractivity contribution in [2.24, 2.45) is 0 Å². The van der Waals surface area contributed by atoms with Gasteiger partial charge in [0, 0.05) is 44.5 Å². The van der Waals surface area contributed by atoms with E-state index in [0.717, 1.165) is 48.2 Å². The molecule has 1 aliphatic rings. The molecule has 8 nitrogen and oxygen atoms in total.